The highest BCUT2D eigenvalue weighted by Gasteiger charge is 2.32. The number of carbonyl (C=O) groups is 1. The average Bonchev–Trinajstić information content (AvgIpc) is 2.75. The van der Waals surface area contributed by atoms with Gasteiger partial charge in [-0.25, -0.2) is 8.42 Å². The molecule has 128 valence electrons. The van der Waals surface area contributed by atoms with Crippen LogP contribution in [0, 0.1) is 5.92 Å². The summed E-state index contributed by atoms with van der Waals surface area (Å²) in [5.41, 5.74) is 0.192. The Hall–Kier alpha value is -1.77. The maximum Gasteiger partial charge on any atom is 0.573 e. The molecule has 2 rings (SSSR count). The average molecular weight is 351 g/mol. The molecule has 1 unspecified atom stereocenters. The largest absolute Gasteiger partial charge is 0.573 e. The van der Waals surface area contributed by atoms with Gasteiger partial charge in [0.1, 0.15) is 5.75 Å². The van der Waals surface area contributed by atoms with Crippen LogP contribution in [0.15, 0.2) is 24.3 Å². The number of alkyl halides is 3. The van der Waals surface area contributed by atoms with E-state index >= 15 is 0 Å². The predicted octanol–water partition coefficient (Wildman–Crippen LogP) is 2.03. The summed E-state index contributed by atoms with van der Waals surface area (Å²) in [6, 6.07) is 5.52. The third kappa shape index (κ3) is 5.74. The van der Waals surface area contributed by atoms with Crippen molar-refractivity contribution >= 4 is 15.7 Å². The molecule has 1 amide bonds. The lowest BCUT2D eigenvalue weighted by atomic mass is 10.0. The van der Waals surface area contributed by atoms with Crippen molar-refractivity contribution < 1.29 is 31.1 Å². The fourth-order valence-electron chi connectivity index (χ4n) is 2.44. The molecule has 1 atom stereocenters. The van der Waals surface area contributed by atoms with Crippen LogP contribution in [0.1, 0.15) is 18.4 Å². The molecule has 0 spiro atoms. The van der Waals surface area contributed by atoms with Crippen molar-refractivity contribution in [2.45, 2.75) is 25.7 Å². The van der Waals surface area contributed by atoms with Gasteiger partial charge in [0.25, 0.3) is 0 Å². The highest BCUT2D eigenvalue weighted by atomic mass is 32.2. The topological polar surface area (TPSA) is 72.5 Å². The van der Waals surface area contributed by atoms with Gasteiger partial charge in [-0.2, -0.15) is 0 Å². The summed E-state index contributed by atoms with van der Waals surface area (Å²) >= 11 is 0. The van der Waals surface area contributed by atoms with Gasteiger partial charge in [-0.1, -0.05) is 18.2 Å². The van der Waals surface area contributed by atoms with Gasteiger partial charge in [0.15, 0.2) is 9.84 Å². The van der Waals surface area contributed by atoms with Crippen LogP contribution in [0.25, 0.3) is 0 Å². The molecule has 1 N–H and O–H groups in total. The maximum absolute atomic E-state index is 12.3. The fraction of sp³-hybridized carbons (Fsp3) is 0.500. The standard InChI is InChI=1S/C14H16F3NO4S/c15-14(16,17)22-12-4-2-1-3-11(12)8-18-13(19)7-10-5-6-23(20,21)9-10/h1-4,10H,5-9H2,(H,18,19). The highest BCUT2D eigenvalue weighted by Crippen LogP contribution is 2.26. The first-order chi connectivity index (χ1) is 10.6. The van der Waals surface area contributed by atoms with E-state index in [0.717, 1.165) is 0 Å². The smallest absolute Gasteiger partial charge is 0.405 e. The van der Waals surface area contributed by atoms with Crippen molar-refractivity contribution in [1.29, 1.82) is 0 Å². The van der Waals surface area contributed by atoms with Crippen LogP contribution >= 0.6 is 0 Å². The normalized spacial score (nSPS) is 20.2. The molecule has 0 bridgehead atoms. The van der Waals surface area contributed by atoms with E-state index in [4.69, 9.17) is 0 Å². The van der Waals surface area contributed by atoms with E-state index in [1.165, 1.54) is 24.3 Å². The Morgan fingerprint density at radius 1 is 1.30 bits per heavy atom. The van der Waals surface area contributed by atoms with Crippen molar-refractivity contribution in [3.63, 3.8) is 0 Å². The number of hydrogen-bond donors (Lipinski definition) is 1. The third-order valence-electron chi connectivity index (χ3n) is 3.48. The minimum atomic E-state index is -4.81. The molecule has 1 aromatic rings. The van der Waals surface area contributed by atoms with Crippen molar-refractivity contribution in [3.8, 4) is 5.75 Å². The number of rotatable bonds is 5. The number of halogens is 3. The molecule has 1 saturated heterocycles. The number of benzene rings is 1. The van der Waals surface area contributed by atoms with Crippen molar-refractivity contribution in [1.82, 2.24) is 5.32 Å². The van der Waals surface area contributed by atoms with Crippen LogP contribution in [0.2, 0.25) is 0 Å². The van der Waals surface area contributed by atoms with E-state index in [0.29, 0.717) is 6.42 Å². The van der Waals surface area contributed by atoms with E-state index in [9.17, 15) is 26.4 Å². The molecule has 0 aromatic heterocycles. The first-order valence-electron chi connectivity index (χ1n) is 6.95. The predicted molar refractivity (Wildman–Crippen MR) is 76.3 cm³/mol. The lowest BCUT2D eigenvalue weighted by Gasteiger charge is -2.14. The molecule has 23 heavy (non-hydrogen) atoms. The summed E-state index contributed by atoms with van der Waals surface area (Å²) in [6.07, 6.45) is -4.33. The van der Waals surface area contributed by atoms with E-state index in [1.807, 2.05) is 0 Å². The molecule has 1 aliphatic heterocycles. The SMILES string of the molecule is O=C(CC1CCS(=O)(=O)C1)NCc1ccccc1OC(F)(F)F. The second-order valence-corrected chi connectivity index (χ2v) is 7.63. The Balaban J connectivity index is 1.90. The van der Waals surface area contributed by atoms with E-state index in [2.05, 4.69) is 10.1 Å². The van der Waals surface area contributed by atoms with Gasteiger partial charge in [-0.15, -0.1) is 13.2 Å². The number of hydrogen-bond acceptors (Lipinski definition) is 4. The molecule has 1 aromatic carbocycles. The number of amides is 1. The summed E-state index contributed by atoms with van der Waals surface area (Å²) < 4.78 is 63.4. The summed E-state index contributed by atoms with van der Waals surface area (Å²) in [4.78, 5) is 11.8. The van der Waals surface area contributed by atoms with E-state index in [1.54, 1.807) is 0 Å². The summed E-state index contributed by atoms with van der Waals surface area (Å²) in [5, 5.41) is 2.50. The third-order valence-corrected chi connectivity index (χ3v) is 5.31. The van der Waals surface area contributed by atoms with Gasteiger partial charge in [-0.3, -0.25) is 4.79 Å². The summed E-state index contributed by atoms with van der Waals surface area (Å²) in [7, 11) is -3.06. The van der Waals surface area contributed by atoms with Gasteiger partial charge in [-0.05, 0) is 18.4 Å². The molecule has 9 heteroatoms. The Kier molecular flexibility index (Phi) is 5.18. The Labute approximate surface area is 131 Å². The number of ether oxygens (including phenoxy) is 1. The van der Waals surface area contributed by atoms with Gasteiger partial charge < -0.3 is 10.1 Å². The molecule has 0 aliphatic carbocycles. The monoisotopic (exact) mass is 351 g/mol. The first kappa shape index (κ1) is 17.6. The van der Waals surface area contributed by atoms with E-state index in [-0.39, 0.29) is 41.7 Å². The quantitative estimate of drug-likeness (QED) is 0.881. The van der Waals surface area contributed by atoms with Crippen LogP contribution in [-0.4, -0.2) is 32.2 Å². The minimum Gasteiger partial charge on any atom is -0.405 e. The Morgan fingerprint density at radius 3 is 2.61 bits per heavy atom. The second kappa shape index (κ2) is 6.77. The van der Waals surface area contributed by atoms with Gasteiger partial charge in [0.05, 0.1) is 11.5 Å². The molecule has 0 saturated carbocycles. The number of carbonyl (C=O) groups excluding carboxylic acids is 1. The van der Waals surface area contributed by atoms with Crippen LogP contribution < -0.4 is 10.1 Å². The maximum atomic E-state index is 12.3. The molecule has 5 nitrogen and oxygen atoms in total. The second-order valence-electron chi connectivity index (χ2n) is 5.41. The first-order valence-corrected chi connectivity index (χ1v) is 8.77. The Bertz CT molecular complexity index is 673. The lowest BCUT2D eigenvalue weighted by Crippen LogP contribution is -2.26. The van der Waals surface area contributed by atoms with Crippen LogP contribution in [0.3, 0.4) is 0 Å². The number of nitrogens with one attached hydrogen (secondary N) is 1. The van der Waals surface area contributed by atoms with Crippen LogP contribution in [-0.2, 0) is 21.2 Å². The number of sulfone groups is 1. The van der Waals surface area contributed by atoms with Crippen LogP contribution in [0.4, 0.5) is 13.2 Å². The zero-order valence-corrected chi connectivity index (χ0v) is 12.9. The fourth-order valence-corrected chi connectivity index (χ4v) is 4.30. The number of para-hydroxylation sites is 1. The zero-order chi connectivity index (χ0) is 17.1. The Morgan fingerprint density at radius 2 is 2.00 bits per heavy atom. The van der Waals surface area contributed by atoms with Crippen LogP contribution in [0.5, 0.6) is 5.75 Å². The molecule has 1 heterocycles. The lowest BCUT2D eigenvalue weighted by molar-refractivity contribution is -0.274. The molecule has 1 aliphatic rings. The molecule has 0 radical (unpaired) electrons. The summed E-state index contributed by atoms with van der Waals surface area (Å²) in [5.74, 6) is -0.944. The zero-order valence-electron chi connectivity index (χ0n) is 12.1. The molecule has 1 fully saturated rings. The highest BCUT2D eigenvalue weighted by molar-refractivity contribution is 7.91. The van der Waals surface area contributed by atoms with Crippen molar-refractivity contribution in [2.75, 3.05) is 11.5 Å². The minimum absolute atomic E-state index is 0.0197. The molecular formula is C14H16F3NO4S. The van der Waals surface area contributed by atoms with Crippen molar-refractivity contribution in [2.24, 2.45) is 5.92 Å². The molecular weight excluding hydrogens is 335 g/mol. The van der Waals surface area contributed by atoms with Gasteiger partial charge >= 0.3 is 6.36 Å². The van der Waals surface area contributed by atoms with Gasteiger partial charge in [0.2, 0.25) is 5.91 Å². The van der Waals surface area contributed by atoms with Crippen molar-refractivity contribution in [3.05, 3.63) is 29.8 Å². The van der Waals surface area contributed by atoms with E-state index < -0.39 is 22.1 Å². The van der Waals surface area contributed by atoms with Gasteiger partial charge in [0, 0.05) is 18.5 Å². The summed E-state index contributed by atoms with van der Waals surface area (Å²) in [6.45, 7) is -0.120.